The lowest BCUT2D eigenvalue weighted by molar-refractivity contribution is 0.0731. The number of unbranched alkanes of at least 4 members (excludes halogenated alkanes) is 2. The van der Waals surface area contributed by atoms with Crippen LogP contribution in [-0.4, -0.2) is 21.9 Å². The fourth-order valence-electron chi connectivity index (χ4n) is 3.34. The lowest BCUT2D eigenvalue weighted by Gasteiger charge is -2.24. The van der Waals surface area contributed by atoms with E-state index in [9.17, 15) is 13.6 Å². The standard InChI is InChI=1S/C24H26F2N2O/c1-2-3-6-15-28(24(29)22-9-4-5-10-23(22)26)18-21-8-7-16-27(21)17-19-11-13-20(25)14-12-19/h4-5,7-14,16H,2-3,6,15,17-18H2,1H3. The number of rotatable bonds is 9. The molecule has 0 aliphatic carbocycles. The van der Waals surface area contributed by atoms with Gasteiger partial charge in [0.2, 0.25) is 0 Å². The molecule has 2 aromatic carbocycles. The van der Waals surface area contributed by atoms with Crippen molar-refractivity contribution < 1.29 is 13.6 Å². The molecule has 3 nitrogen and oxygen atoms in total. The summed E-state index contributed by atoms with van der Waals surface area (Å²) in [6.07, 6.45) is 4.87. The summed E-state index contributed by atoms with van der Waals surface area (Å²) in [6, 6.07) is 16.4. The van der Waals surface area contributed by atoms with Crippen LogP contribution >= 0.6 is 0 Å². The number of carbonyl (C=O) groups excluding carboxylic acids is 1. The van der Waals surface area contributed by atoms with E-state index < -0.39 is 5.82 Å². The van der Waals surface area contributed by atoms with Gasteiger partial charge in [-0.15, -0.1) is 0 Å². The summed E-state index contributed by atoms with van der Waals surface area (Å²) in [6.45, 7) is 3.66. The summed E-state index contributed by atoms with van der Waals surface area (Å²) in [4.78, 5) is 14.7. The molecule has 152 valence electrons. The van der Waals surface area contributed by atoms with E-state index in [1.165, 1.54) is 24.3 Å². The van der Waals surface area contributed by atoms with Crippen LogP contribution < -0.4 is 0 Å². The van der Waals surface area contributed by atoms with Gasteiger partial charge in [-0.3, -0.25) is 4.79 Å². The van der Waals surface area contributed by atoms with Crippen LogP contribution in [-0.2, 0) is 13.1 Å². The highest BCUT2D eigenvalue weighted by Gasteiger charge is 2.20. The third kappa shape index (κ3) is 5.53. The van der Waals surface area contributed by atoms with Gasteiger partial charge in [-0.25, -0.2) is 8.78 Å². The third-order valence-electron chi connectivity index (χ3n) is 4.97. The van der Waals surface area contributed by atoms with Gasteiger partial charge in [-0.05, 0) is 48.4 Å². The Morgan fingerprint density at radius 1 is 0.966 bits per heavy atom. The quantitative estimate of drug-likeness (QED) is 0.429. The SMILES string of the molecule is CCCCCN(Cc1cccn1Cc1ccc(F)cc1)C(=O)c1ccccc1F. The van der Waals surface area contributed by atoms with Gasteiger partial charge < -0.3 is 9.47 Å². The Hall–Kier alpha value is -2.95. The Morgan fingerprint density at radius 2 is 1.72 bits per heavy atom. The van der Waals surface area contributed by atoms with Crippen molar-refractivity contribution in [3.8, 4) is 0 Å². The van der Waals surface area contributed by atoms with Crippen LogP contribution in [0.25, 0.3) is 0 Å². The smallest absolute Gasteiger partial charge is 0.257 e. The number of nitrogens with zero attached hydrogens (tertiary/aromatic N) is 2. The maximum atomic E-state index is 14.2. The summed E-state index contributed by atoms with van der Waals surface area (Å²) in [7, 11) is 0. The molecule has 0 fully saturated rings. The Kier molecular flexibility index (Phi) is 7.17. The molecule has 3 aromatic rings. The van der Waals surface area contributed by atoms with Gasteiger partial charge in [0.15, 0.2) is 0 Å². The maximum absolute atomic E-state index is 14.2. The molecule has 5 heteroatoms. The van der Waals surface area contributed by atoms with Crippen LogP contribution in [0.1, 0.15) is 47.8 Å². The minimum Gasteiger partial charge on any atom is -0.345 e. The second-order valence-corrected chi connectivity index (χ2v) is 7.17. The maximum Gasteiger partial charge on any atom is 0.257 e. The van der Waals surface area contributed by atoms with Crippen molar-refractivity contribution in [2.75, 3.05) is 6.54 Å². The molecule has 0 atom stereocenters. The molecule has 0 unspecified atom stereocenters. The Balaban J connectivity index is 1.79. The van der Waals surface area contributed by atoms with Crippen molar-refractivity contribution in [2.24, 2.45) is 0 Å². The molecule has 3 rings (SSSR count). The summed E-state index contributed by atoms with van der Waals surface area (Å²) in [5.41, 5.74) is 2.03. The second-order valence-electron chi connectivity index (χ2n) is 7.17. The number of halogens is 2. The lowest BCUT2D eigenvalue weighted by Crippen LogP contribution is -2.33. The van der Waals surface area contributed by atoms with Gasteiger partial charge in [0, 0.05) is 25.0 Å². The predicted octanol–water partition coefficient (Wildman–Crippen LogP) is 5.65. The first kappa shape index (κ1) is 20.8. The molecule has 1 heterocycles. The average Bonchev–Trinajstić information content (AvgIpc) is 3.15. The van der Waals surface area contributed by atoms with Crippen LogP contribution in [0.3, 0.4) is 0 Å². The molecule has 0 N–H and O–H groups in total. The van der Waals surface area contributed by atoms with Crippen molar-refractivity contribution in [3.05, 3.63) is 95.3 Å². The number of hydrogen-bond acceptors (Lipinski definition) is 1. The molecule has 0 radical (unpaired) electrons. The molecule has 29 heavy (non-hydrogen) atoms. The first-order valence-electron chi connectivity index (χ1n) is 10.0. The van der Waals surface area contributed by atoms with E-state index in [1.807, 2.05) is 22.9 Å². The Morgan fingerprint density at radius 3 is 2.45 bits per heavy atom. The fourth-order valence-corrected chi connectivity index (χ4v) is 3.34. The van der Waals surface area contributed by atoms with Gasteiger partial charge in [0.25, 0.3) is 5.91 Å². The van der Waals surface area contributed by atoms with E-state index in [0.717, 1.165) is 30.5 Å². The van der Waals surface area contributed by atoms with Gasteiger partial charge in [0.1, 0.15) is 11.6 Å². The normalized spacial score (nSPS) is 10.9. The number of aromatic nitrogens is 1. The van der Waals surface area contributed by atoms with Crippen molar-refractivity contribution in [1.82, 2.24) is 9.47 Å². The monoisotopic (exact) mass is 396 g/mol. The van der Waals surface area contributed by atoms with Crippen LogP contribution in [0.15, 0.2) is 66.9 Å². The number of carbonyl (C=O) groups is 1. The molecule has 1 aromatic heterocycles. The van der Waals surface area contributed by atoms with E-state index in [-0.39, 0.29) is 17.3 Å². The van der Waals surface area contributed by atoms with Crippen LogP contribution in [0.5, 0.6) is 0 Å². The minimum absolute atomic E-state index is 0.0978. The van der Waals surface area contributed by atoms with Gasteiger partial charge in [0.05, 0.1) is 12.1 Å². The van der Waals surface area contributed by atoms with Crippen molar-refractivity contribution in [1.29, 1.82) is 0 Å². The zero-order chi connectivity index (χ0) is 20.6. The van der Waals surface area contributed by atoms with Gasteiger partial charge in [-0.1, -0.05) is 44.0 Å². The molecule has 0 bridgehead atoms. The molecule has 1 amide bonds. The zero-order valence-corrected chi connectivity index (χ0v) is 16.7. The predicted molar refractivity (Wildman–Crippen MR) is 111 cm³/mol. The minimum atomic E-state index is -0.500. The Labute approximate surface area is 170 Å². The summed E-state index contributed by atoms with van der Waals surface area (Å²) in [5, 5.41) is 0. The summed E-state index contributed by atoms with van der Waals surface area (Å²) >= 11 is 0. The van der Waals surface area contributed by atoms with E-state index >= 15 is 0 Å². The van der Waals surface area contributed by atoms with Crippen LogP contribution in [0, 0.1) is 11.6 Å². The first-order chi connectivity index (χ1) is 14.1. The highest BCUT2D eigenvalue weighted by molar-refractivity contribution is 5.94. The van der Waals surface area contributed by atoms with Crippen molar-refractivity contribution in [2.45, 2.75) is 39.3 Å². The van der Waals surface area contributed by atoms with Crippen LogP contribution in [0.4, 0.5) is 8.78 Å². The molecule has 0 saturated carbocycles. The average molecular weight is 396 g/mol. The molecular formula is C24H26F2N2O. The van der Waals surface area contributed by atoms with Crippen molar-refractivity contribution in [3.63, 3.8) is 0 Å². The van der Waals surface area contributed by atoms with E-state index in [1.54, 1.807) is 29.2 Å². The van der Waals surface area contributed by atoms with E-state index in [0.29, 0.717) is 19.6 Å². The fraction of sp³-hybridized carbons (Fsp3) is 0.292. The number of hydrogen-bond donors (Lipinski definition) is 0. The third-order valence-corrected chi connectivity index (χ3v) is 4.97. The first-order valence-corrected chi connectivity index (χ1v) is 10.0. The number of amides is 1. The molecule has 0 aliphatic heterocycles. The largest absolute Gasteiger partial charge is 0.345 e. The second kappa shape index (κ2) is 10.0. The van der Waals surface area contributed by atoms with Crippen molar-refractivity contribution >= 4 is 5.91 Å². The zero-order valence-electron chi connectivity index (χ0n) is 16.7. The van der Waals surface area contributed by atoms with E-state index in [4.69, 9.17) is 0 Å². The molecule has 0 saturated heterocycles. The van der Waals surface area contributed by atoms with Gasteiger partial charge >= 0.3 is 0 Å². The molecule has 0 aliphatic rings. The van der Waals surface area contributed by atoms with E-state index in [2.05, 4.69) is 6.92 Å². The summed E-state index contributed by atoms with van der Waals surface area (Å²) in [5.74, 6) is -1.06. The van der Waals surface area contributed by atoms with Gasteiger partial charge in [-0.2, -0.15) is 0 Å². The molecule has 0 spiro atoms. The van der Waals surface area contributed by atoms with Crippen LogP contribution in [0.2, 0.25) is 0 Å². The highest BCUT2D eigenvalue weighted by Crippen LogP contribution is 2.16. The number of benzene rings is 2. The lowest BCUT2D eigenvalue weighted by atomic mass is 10.1. The highest BCUT2D eigenvalue weighted by atomic mass is 19.1. The summed E-state index contributed by atoms with van der Waals surface area (Å²) < 4.78 is 29.4. The Bertz CT molecular complexity index is 934. The molecular weight excluding hydrogens is 370 g/mol. The topological polar surface area (TPSA) is 25.2 Å².